The minimum atomic E-state index is 0.815. The van der Waals surface area contributed by atoms with Crippen LogP contribution in [0.3, 0.4) is 0 Å². The largest absolute Gasteiger partial charge is 0.399 e. The Labute approximate surface area is 108 Å². The Morgan fingerprint density at radius 1 is 1.00 bits per heavy atom. The highest BCUT2D eigenvalue weighted by Crippen LogP contribution is 2.27. The number of benzene rings is 1. The lowest BCUT2D eigenvalue weighted by Crippen LogP contribution is -2.25. The number of rotatable bonds is 1. The molecule has 3 nitrogen and oxygen atoms in total. The van der Waals surface area contributed by atoms with Gasteiger partial charge >= 0.3 is 0 Å². The lowest BCUT2D eigenvalue weighted by Gasteiger charge is -2.22. The van der Waals surface area contributed by atoms with Crippen molar-refractivity contribution in [3.05, 3.63) is 30.5 Å². The lowest BCUT2D eigenvalue weighted by molar-refractivity contribution is 0.726. The average Bonchev–Trinajstić information content (AvgIpc) is 2.66. The second-order valence-electron chi connectivity index (χ2n) is 5.02. The fraction of sp³-hybridized carbons (Fsp3) is 0.400. The number of nitrogens with two attached hydrogens (primary N) is 1. The molecule has 3 rings (SSSR count). The molecule has 94 valence electrons. The van der Waals surface area contributed by atoms with E-state index in [9.17, 15) is 0 Å². The van der Waals surface area contributed by atoms with E-state index >= 15 is 0 Å². The third kappa shape index (κ3) is 2.13. The smallest absolute Gasteiger partial charge is 0.136 e. The van der Waals surface area contributed by atoms with Gasteiger partial charge in [0.25, 0.3) is 0 Å². The van der Waals surface area contributed by atoms with Gasteiger partial charge in [0, 0.05) is 30.4 Å². The molecule has 2 N–H and O–H groups in total. The number of aromatic nitrogens is 1. The van der Waals surface area contributed by atoms with Crippen molar-refractivity contribution in [1.29, 1.82) is 0 Å². The predicted molar refractivity (Wildman–Crippen MR) is 76.8 cm³/mol. The van der Waals surface area contributed by atoms with Crippen molar-refractivity contribution < 1.29 is 0 Å². The first-order chi connectivity index (χ1) is 8.84. The third-order valence-electron chi connectivity index (χ3n) is 3.67. The van der Waals surface area contributed by atoms with Gasteiger partial charge in [-0.3, -0.25) is 0 Å². The zero-order valence-corrected chi connectivity index (χ0v) is 10.6. The van der Waals surface area contributed by atoms with Crippen LogP contribution in [0.2, 0.25) is 0 Å². The van der Waals surface area contributed by atoms with Crippen molar-refractivity contribution in [3.8, 4) is 0 Å². The Morgan fingerprint density at radius 3 is 2.56 bits per heavy atom. The fourth-order valence-corrected chi connectivity index (χ4v) is 2.71. The Balaban J connectivity index is 2.04. The summed E-state index contributed by atoms with van der Waals surface area (Å²) in [6.07, 6.45) is 7.12. The van der Waals surface area contributed by atoms with Gasteiger partial charge in [-0.15, -0.1) is 0 Å². The molecule has 0 unspecified atom stereocenters. The van der Waals surface area contributed by atoms with Crippen LogP contribution in [0, 0.1) is 0 Å². The number of pyridine rings is 1. The maximum absolute atomic E-state index is 5.84. The van der Waals surface area contributed by atoms with E-state index < -0.39 is 0 Å². The molecular weight excluding hydrogens is 222 g/mol. The molecular formula is C15H19N3. The maximum Gasteiger partial charge on any atom is 0.136 e. The normalized spacial score (nSPS) is 16.8. The second-order valence-corrected chi connectivity index (χ2v) is 5.02. The van der Waals surface area contributed by atoms with Gasteiger partial charge in [0.05, 0.1) is 0 Å². The second kappa shape index (κ2) is 4.84. The summed E-state index contributed by atoms with van der Waals surface area (Å²) in [4.78, 5) is 7.01. The highest BCUT2D eigenvalue weighted by Gasteiger charge is 2.13. The number of nitrogen functional groups attached to an aromatic ring is 1. The molecule has 1 saturated heterocycles. The summed E-state index contributed by atoms with van der Waals surface area (Å²) >= 11 is 0. The molecule has 0 atom stereocenters. The summed E-state index contributed by atoms with van der Waals surface area (Å²) in [6, 6.07) is 8.12. The highest BCUT2D eigenvalue weighted by atomic mass is 15.2. The van der Waals surface area contributed by atoms with Gasteiger partial charge in [-0.05, 0) is 42.5 Å². The van der Waals surface area contributed by atoms with Crippen LogP contribution in [0.4, 0.5) is 11.5 Å². The van der Waals surface area contributed by atoms with Gasteiger partial charge in [-0.2, -0.15) is 0 Å². The van der Waals surface area contributed by atoms with Gasteiger partial charge in [0.2, 0.25) is 0 Å². The highest BCUT2D eigenvalue weighted by molar-refractivity contribution is 5.93. The number of nitrogens with zero attached hydrogens (tertiary/aromatic N) is 2. The van der Waals surface area contributed by atoms with Gasteiger partial charge in [0.1, 0.15) is 5.82 Å². The van der Waals surface area contributed by atoms with Gasteiger partial charge in [-0.1, -0.05) is 12.8 Å². The van der Waals surface area contributed by atoms with E-state index in [1.807, 2.05) is 24.4 Å². The predicted octanol–water partition coefficient (Wildman–Crippen LogP) is 3.20. The lowest BCUT2D eigenvalue weighted by atomic mass is 10.1. The standard InChI is InChI=1S/C15H19N3/c16-13-5-6-14-12(11-13)7-8-17-15(14)18-9-3-1-2-4-10-18/h5-8,11H,1-4,9-10,16H2. The molecule has 1 aromatic carbocycles. The summed E-state index contributed by atoms with van der Waals surface area (Å²) in [6.45, 7) is 2.24. The number of hydrogen-bond donors (Lipinski definition) is 1. The van der Waals surface area contributed by atoms with Crippen LogP contribution in [-0.4, -0.2) is 18.1 Å². The Hall–Kier alpha value is -1.77. The first-order valence-electron chi connectivity index (χ1n) is 6.74. The van der Waals surface area contributed by atoms with Gasteiger partial charge in [-0.25, -0.2) is 4.98 Å². The van der Waals surface area contributed by atoms with Crippen LogP contribution in [0.25, 0.3) is 10.8 Å². The summed E-state index contributed by atoms with van der Waals surface area (Å²) in [5.41, 5.74) is 6.66. The molecule has 1 aliphatic heterocycles. The van der Waals surface area contributed by atoms with Crippen LogP contribution < -0.4 is 10.6 Å². The minimum Gasteiger partial charge on any atom is -0.399 e. The molecule has 1 aromatic heterocycles. The molecule has 2 heterocycles. The van der Waals surface area contributed by atoms with Crippen molar-refractivity contribution in [2.45, 2.75) is 25.7 Å². The van der Waals surface area contributed by atoms with Crippen LogP contribution >= 0.6 is 0 Å². The first-order valence-corrected chi connectivity index (χ1v) is 6.74. The van der Waals surface area contributed by atoms with Crippen LogP contribution in [0.1, 0.15) is 25.7 Å². The van der Waals surface area contributed by atoms with E-state index in [1.54, 1.807) is 0 Å². The summed E-state index contributed by atoms with van der Waals surface area (Å²) < 4.78 is 0. The third-order valence-corrected chi connectivity index (χ3v) is 3.67. The van der Waals surface area contributed by atoms with E-state index in [2.05, 4.69) is 16.0 Å². The fourth-order valence-electron chi connectivity index (χ4n) is 2.71. The zero-order chi connectivity index (χ0) is 12.4. The Kier molecular flexibility index (Phi) is 3.05. The number of anilines is 2. The monoisotopic (exact) mass is 241 g/mol. The molecule has 0 radical (unpaired) electrons. The van der Waals surface area contributed by atoms with Crippen molar-refractivity contribution in [1.82, 2.24) is 4.98 Å². The molecule has 0 bridgehead atoms. The summed E-state index contributed by atoms with van der Waals surface area (Å²) in [5, 5.41) is 2.40. The maximum atomic E-state index is 5.84. The molecule has 3 heteroatoms. The van der Waals surface area contributed by atoms with Crippen LogP contribution in [0.5, 0.6) is 0 Å². The number of fused-ring (bicyclic) bond motifs is 1. The number of hydrogen-bond acceptors (Lipinski definition) is 3. The molecule has 1 aliphatic rings. The quantitative estimate of drug-likeness (QED) is 0.780. The van der Waals surface area contributed by atoms with Crippen LogP contribution in [0.15, 0.2) is 30.5 Å². The van der Waals surface area contributed by atoms with Crippen LogP contribution in [-0.2, 0) is 0 Å². The average molecular weight is 241 g/mol. The van der Waals surface area contributed by atoms with Crippen molar-refractivity contribution >= 4 is 22.3 Å². The van der Waals surface area contributed by atoms with E-state index in [1.165, 1.54) is 36.5 Å². The molecule has 0 aliphatic carbocycles. The van der Waals surface area contributed by atoms with Gasteiger partial charge < -0.3 is 10.6 Å². The molecule has 0 amide bonds. The Bertz CT molecular complexity index is 542. The SMILES string of the molecule is Nc1ccc2c(N3CCCCCC3)nccc2c1. The summed E-state index contributed by atoms with van der Waals surface area (Å²) in [7, 11) is 0. The van der Waals surface area contributed by atoms with E-state index in [0.717, 1.165) is 24.6 Å². The molecule has 1 fully saturated rings. The zero-order valence-electron chi connectivity index (χ0n) is 10.6. The van der Waals surface area contributed by atoms with E-state index in [-0.39, 0.29) is 0 Å². The molecule has 0 spiro atoms. The van der Waals surface area contributed by atoms with E-state index in [4.69, 9.17) is 5.73 Å². The van der Waals surface area contributed by atoms with Crippen molar-refractivity contribution in [2.24, 2.45) is 0 Å². The van der Waals surface area contributed by atoms with Crippen molar-refractivity contribution in [3.63, 3.8) is 0 Å². The molecule has 0 saturated carbocycles. The molecule has 18 heavy (non-hydrogen) atoms. The topological polar surface area (TPSA) is 42.1 Å². The summed E-state index contributed by atoms with van der Waals surface area (Å²) in [5.74, 6) is 1.12. The first kappa shape index (κ1) is 11.3. The Morgan fingerprint density at radius 2 is 1.78 bits per heavy atom. The van der Waals surface area contributed by atoms with Gasteiger partial charge in [0.15, 0.2) is 0 Å². The molecule has 2 aromatic rings. The van der Waals surface area contributed by atoms with E-state index in [0.29, 0.717) is 0 Å². The van der Waals surface area contributed by atoms with Crippen molar-refractivity contribution in [2.75, 3.05) is 23.7 Å². The minimum absolute atomic E-state index is 0.815.